The largest absolute Gasteiger partial charge is 0.444 e. The van der Waals surface area contributed by atoms with Gasteiger partial charge in [-0.2, -0.15) is 0 Å². The van der Waals surface area contributed by atoms with Crippen molar-refractivity contribution in [3.05, 3.63) is 23.8 Å². The van der Waals surface area contributed by atoms with E-state index >= 15 is 0 Å². The summed E-state index contributed by atoms with van der Waals surface area (Å²) in [5.41, 5.74) is -3.94. The third kappa shape index (κ3) is 28.7. The van der Waals surface area contributed by atoms with Crippen LogP contribution < -0.4 is 26.6 Å². The van der Waals surface area contributed by atoms with Crippen molar-refractivity contribution in [1.29, 1.82) is 0 Å². The number of unbranched alkanes of at least 4 members (excludes halogenated alkanes) is 2. The zero-order chi connectivity index (χ0) is 97.6. The predicted molar refractivity (Wildman–Crippen MR) is 455 cm³/mol. The van der Waals surface area contributed by atoms with Crippen LogP contribution in [0.1, 0.15) is 202 Å². The number of aromatic nitrogens is 6. The number of hydrogen-bond donors (Lipinski definition) is 18. The Hall–Kier alpha value is -6.37. The normalized spacial score (nSPS) is 39.0. The number of amides is 5. The van der Waals surface area contributed by atoms with E-state index in [1.807, 2.05) is 0 Å². The van der Waals surface area contributed by atoms with Crippen LogP contribution in [-0.4, -0.2) is 376 Å². The molecule has 0 spiro atoms. The number of aliphatic hydroxyl groups excluding tert-OH is 13. The molecule has 10 rings (SSSR count). The molecule has 756 valence electrons. The third-order valence-corrected chi connectivity index (χ3v) is 24.1. The monoisotopic (exact) mass is 1890 g/mol. The summed E-state index contributed by atoms with van der Waals surface area (Å²) >= 11 is 0. The van der Waals surface area contributed by atoms with Gasteiger partial charge in [0.05, 0.1) is 73.2 Å². The molecule has 2 aromatic heterocycles. The van der Waals surface area contributed by atoms with Crippen LogP contribution in [0.3, 0.4) is 0 Å². The minimum absolute atomic E-state index is 0.154. The lowest BCUT2D eigenvalue weighted by molar-refractivity contribution is -0.324. The van der Waals surface area contributed by atoms with E-state index in [1.165, 1.54) is 9.36 Å². The summed E-state index contributed by atoms with van der Waals surface area (Å²) in [4.78, 5) is 66.7. The second-order valence-corrected chi connectivity index (χ2v) is 41.1. The van der Waals surface area contributed by atoms with Crippen LogP contribution in [0.25, 0.3) is 0 Å². The van der Waals surface area contributed by atoms with Crippen LogP contribution in [0.4, 0.5) is 24.0 Å². The minimum Gasteiger partial charge on any atom is -0.444 e. The summed E-state index contributed by atoms with van der Waals surface area (Å²) in [6, 6.07) is -4.45. The first-order chi connectivity index (χ1) is 61.5. The van der Waals surface area contributed by atoms with Gasteiger partial charge < -0.3 is 173 Å². The highest BCUT2D eigenvalue weighted by Gasteiger charge is 2.60. The highest BCUT2D eigenvalue weighted by Crippen LogP contribution is 2.43. The molecular formula is C86H147N11O35. The number of alkyl carbamates (subject to hydrolysis) is 5. The molecule has 8 heterocycles. The maximum atomic E-state index is 13.7. The smallest absolute Gasteiger partial charge is 0.408 e. The molecule has 0 radical (unpaired) electrons. The van der Waals surface area contributed by atoms with Crippen molar-refractivity contribution in [2.45, 2.75) is 453 Å². The molecule has 38 atom stereocenters. The Morgan fingerprint density at radius 2 is 0.689 bits per heavy atom. The lowest BCUT2D eigenvalue weighted by Gasteiger charge is -2.48. The first-order valence-electron chi connectivity index (χ1n) is 45.9. The van der Waals surface area contributed by atoms with E-state index in [0.717, 1.165) is 0 Å². The summed E-state index contributed by atoms with van der Waals surface area (Å²) in [6.07, 6.45) is -44.9. The van der Waals surface area contributed by atoms with Gasteiger partial charge in [0.15, 0.2) is 37.7 Å². The average Bonchev–Trinajstić information content (AvgIpc) is 1.01. The number of rotatable bonds is 31. The van der Waals surface area contributed by atoms with E-state index in [0.29, 0.717) is 43.5 Å². The fourth-order valence-corrected chi connectivity index (χ4v) is 17.4. The second kappa shape index (κ2) is 45.1. The van der Waals surface area contributed by atoms with Crippen molar-refractivity contribution in [2.75, 3.05) is 13.1 Å². The van der Waals surface area contributed by atoms with Crippen LogP contribution in [-0.2, 0) is 106 Å². The molecule has 18 N–H and O–H groups in total. The highest BCUT2D eigenvalue weighted by molar-refractivity contribution is 5.70. The molecule has 8 fully saturated rings. The molecule has 46 nitrogen and oxygen atoms in total. The number of aryl methyl sites for hydroxylation is 2. The van der Waals surface area contributed by atoms with Gasteiger partial charge in [-0.05, 0) is 167 Å². The van der Waals surface area contributed by atoms with Gasteiger partial charge in [0.1, 0.15) is 150 Å². The van der Waals surface area contributed by atoms with Gasteiger partial charge in [0, 0.05) is 37.3 Å². The minimum atomic E-state index is -1.92. The summed E-state index contributed by atoms with van der Waals surface area (Å²) in [5, 5.41) is 183. The number of aliphatic hydroxyl groups is 13. The van der Waals surface area contributed by atoms with Gasteiger partial charge in [0.2, 0.25) is 0 Å². The van der Waals surface area contributed by atoms with Gasteiger partial charge in [-0.25, -0.2) is 33.3 Å². The molecule has 2 saturated carbocycles. The van der Waals surface area contributed by atoms with E-state index in [-0.39, 0.29) is 38.8 Å². The van der Waals surface area contributed by atoms with Crippen molar-refractivity contribution >= 4 is 30.5 Å². The zero-order valence-electron chi connectivity index (χ0n) is 79.3. The van der Waals surface area contributed by atoms with Crippen molar-refractivity contribution in [3.8, 4) is 0 Å². The number of hydrogen-bond acceptors (Lipinski definition) is 39. The topological polar surface area (TPSA) is 627 Å². The van der Waals surface area contributed by atoms with Gasteiger partial charge in [0.25, 0.3) is 0 Å². The van der Waals surface area contributed by atoms with E-state index < -0.39 is 304 Å². The van der Waals surface area contributed by atoms with Gasteiger partial charge in [-0.15, -0.1) is 10.2 Å². The van der Waals surface area contributed by atoms with Crippen LogP contribution in [0.15, 0.2) is 12.4 Å². The van der Waals surface area contributed by atoms with Crippen LogP contribution in [0.5, 0.6) is 0 Å². The molecule has 0 aromatic carbocycles. The van der Waals surface area contributed by atoms with Gasteiger partial charge >= 0.3 is 30.5 Å². The Bertz CT molecular complexity index is 3990. The zero-order valence-corrected chi connectivity index (χ0v) is 79.3. The average molecular weight is 1900 g/mol. The molecule has 132 heavy (non-hydrogen) atoms. The van der Waals surface area contributed by atoms with E-state index in [2.05, 4.69) is 47.2 Å². The first-order valence-corrected chi connectivity index (χ1v) is 45.9. The standard InChI is InChI=1S/C86H147N11O35/c1-22-45-57(103)54(100)39(5)71(116-45)123-66-43(89-79(113)130-84(13,14)15)30-44(98)56(102)70(66)127-76-63(109)67(124-72-40(6)55(101)58(104)46(23-2)117-72)49(120-76)35-96-33-41(92-94-96)27-25-24-26-28-42-34-97(95-93-42)36-50-68(125-74-52(91-81(115)132-86(19,20)21)62(108)60(106)48(119-74)32-88-78(112)129-83(10,11)12)64(110)75(121-50)126-69-53(99)37(3)29-38(4)65(69)122-73-51(90-80(114)131-85(16,17)18)61(107)59(105)47(118-73)31-87-77(111)128-82(7,8)9/h33-34,37-40,43-76,98-110H,22-32,35-36H2,1-21H3,(H,87,111)(H,88,112)(H,89,113)(H,90,114)(H,91,115)/t37-,38?,39?,40?,43?,44-,45?,46+,47?,48+,49-,50-,51?,52?,53?,54-,55?,56?,57?,58?,59?,60?,61-,62?,63?,64?,65?,66?,67+,68+,69-,70-,71+,72-,73+,74-,75+,76+/m1/s1. The Kier molecular flexibility index (Phi) is 36.7. The fourth-order valence-electron chi connectivity index (χ4n) is 17.4. The number of nitrogens with one attached hydrogen (secondary N) is 5. The Morgan fingerprint density at radius 3 is 1.08 bits per heavy atom. The quantitative estimate of drug-likeness (QED) is 0.0351. The number of nitrogens with zero attached hydrogens (tertiary/aromatic N) is 6. The molecular weight excluding hydrogens is 1750 g/mol. The Morgan fingerprint density at radius 1 is 0.356 bits per heavy atom. The molecule has 46 heteroatoms. The molecule has 20 unspecified atom stereocenters. The highest BCUT2D eigenvalue weighted by atomic mass is 16.8. The van der Waals surface area contributed by atoms with Crippen molar-refractivity contribution in [1.82, 2.24) is 56.6 Å². The number of carbonyl (C=O) groups is 5. The van der Waals surface area contributed by atoms with Crippen molar-refractivity contribution < 1.29 is 171 Å². The summed E-state index contributed by atoms with van der Waals surface area (Å²) in [5.74, 6) is -2.86. The molecule has 2 aliphatic carbocycles. The third-order valence-electron chi connectivity index (χ3n) is 24.1. The van der Waals surface area contributed by atoms with Crippen molar-refractivity contribution in [2.24, 2.45) is 23.7 Å². The molecule has 6 aliphatic heterocycles. The predicted octanol–water partition coefficient (Wildman–Crippen LogP) is 0.0785. The SMILES string of the molecule is CCC1O[C@@H](OC2C(NC(=O)OC(C)(C)C)C[C@@H](O)C(O)[C@H]2O[C@@H]2O[C@H](Cn3cc(CCCCCc4cn(C[C@H]5O[C@@H](O[C@H]6C(O[C@@H]7OC(CNC(=O)OC(C)(C)C)C(O)[C@H](O)C7NC(=O)OC(C)(C)C)C(C)C[C@@H](C)C6O)C(O)[C@H]5O[C@H]5O[C@@H](CNC(=O)OC(C)(C)C)C(O)C(O)C5NC(=O)OC(C)(C)C)nn4)nn3)[C@H](O[C@H]3O[C@@H](CC)C(O)C(O)C3C)C2O)C(C)[C@@H](O)C1O. The maximum absolute atomic E-state index is 13.7. The second-order valence-electron chi connectivity index (χ2n) is 41.1. The van der Waals surface area contributed by atoms with Crippen LogP contribution in [0.2, 0.25) is 0 Å². The lowest BCUT2D eigenvalue weighted by Crippen LogP contribution is -2.67. The summed E-state index contributed by atoms with van der Waals surface area (Å²) in [6.45, 7) is 33.2. The summed E-state index contributed by atoms with van der Waals surface area (Å²) in [7, 11) is 0. The van der Waals surface area contributed by atoms with Crippen molar-refractivity contribution in [3.63, 3.8) is 0 Å². The van der Waals surface area contributed by atoms with Gasteiger partial charge in [-0.1, -0.05) is 58.4 Å². The number of carbonyl (C=O) groups excluding carboxylic acids is 5. The fraction of sp³-hybridized carbons (Fsp3) is 0.895. The first kappa shape index (κ1) is 108. The molecule has 8 aliphatic rings. The molecule has 6 saturated heterocycles. The van der Waals surface area contributed by atoms with Crippen LogP contribution in [0, 0.1) is 23.7 Å². The molecule has 5 amide bonds. The molecule has 2 aromatic rings. The Labute approximate surface area is 768 Å². The van der Waals surface area contributed by atoms with E-state index in [9.17, 15) is 90.4 Å². The number of ether oxygens (including phenoxy) is 17. The van der Waals surface area contributed by atoms with Gasteiger partial charge in [-0.3, -0.25) is 0 Å². The van der Waals surface area contributed by atoms with E-state index in [4.69, 9.17) is 80.5 Å². The lowest BCUT2D eigenvalue weighted by atomic mass is 9.77. The maximum Gasteiger partial charge on any atom is 0.408 e. The Balaban J connectivity index is 0.867. The summed E-state index contributed by atoms with van der Waals surface area (Å²) < 4.78 is 108. The van der Waals surface area contributed by atoms with Crippen LogP contribution >= 0.6 is 0 Å². The molecule has 0 bridgehead atoms. The van der Waals surface area contributed by atoms with E-state index in [1.54, 1.807) is 158 Å².